The lowest BCUT2D eigenvalue weighted by Gasteiger charge is -2.08. The Kier molecular flexibility index (Phi) is 3.46. The van der Waals surface area contributed by atoms with E-state index in [9.17, 15) is 0 Å². The van der Waals surface area contributed by atoms with Crippen LogP contribution in [0.3, 0.4) is 0 Å². The van der Waals surface area contributed by atoms with Gasteiger partial charge in [0.1, 0.15) is 5.82 Å². The average molecular weight is 230 g/mol. The van der Waals surface area contributed by atoms with E-state index in [2.05, 4.69) is 25.7 Å². The van der Waals surface area contributed by atoms with E-state index < -0.39 is 0 Å². The molecule has 0 aliphatic heterocycles. The molecule has 0 bridgehead atoms. The molecule has 0 amide bonds. The van der Waals surface area contributed by atoms with Gasteiger partial charge in [0.15, 0.2) is 0 Å². The molecule has 2 heterocycles. The summed E-state index contributed by atoms with van der Waals surface area (Å²) in [6.07, 6.45) is 3.47. The second-order valence-electron chi connectivity index (χ2n) is 3.54. The lowest BCUT2D eigenvalue weighted by atomic mass is 10.3. The minimum Gasteiger partial charge on any atom is -0.364 e. The summed E-state index contributed by atoms with van der Waals surface area (Å²) in [4.78, 5) is 12.4. The van der Waals surface area contributed by atoms with Crippen LogP contribution in [0.2, 0.25) is 0 Å². The van der Waals surface area contributed by atoms with Crippen LogP contribution in [0.1, 0.15) is 11.3 Å². The van der Waals surface area contributed by atoms with Gasteiger partial charge in [0, 0.05) is 18.0 Å². The number of pyridine rings is 1. The molecule has 6 nitrogen and oxygen atoms in total. The van der Waals surface area contributed by atoms with E-state index in [0.29, 0.717) is 12.5 Å². The molecule has 2 aromatic rings. The van der Waals surface area contributed by atoms with Crippen LogP contribution in [0.4, 0.5) is 11.8 Å². The van der Waals surface area contributed by atoms with Crippen molar-refractivity contribution >= 4 is 11.8 Å². The molecule has 0 saturated heterocycles. The number of aromatic nitrogens is 3. The molecule has 0 radical (unpaired) electrons. The van der Waals surface area contributed by atoms with E-state index in [1.807, 2.05) is 25.1 Å². The molecular weight excluding hydrogens is 216 g/mol. The summed E-state index contributed by atoms with van der Waals surface area (Å²) in [7, 11) is 0. The molecule has 17 heavy (non-hydrogen) atoms. The SMILES string of the molecule is Cc1cnc(NN)nc1NCc1ccccn1. The van der Waals surface area contributed by atoms with Crippen LogP contribution in [0.15, 0.2) is 30.6 Å². The first-order valence-electron chi connectivity index (χ1n) is 5.23. The van der Waals surface area contributed by atoms with Crippen molar-refractivity contribution < 1.29 is 0 Å². The standard InChI is InChI=1S/C11H14N6/c1-8-6-15-11(17-12)16-10(8)14-7-9-4-2-3-5-13-9/h2-6H,7,12H2,1H3,(H2,14,15,16,17). The van der Waals surface area contributed by atoms with E-state index in [1.165, 1.54) is 0 Å². The zero-order chi connectivity index (χ0) is 12.1. The van der Waals surface area contributed by atoms with Crippen LogP contribution in [0.25, 0.3) is 0 Å². The third-order valence-electron chi connectivity index (χ3n) is 2.26. The molecule has 2 aromatic heterocycles. The molecule has 0 atom stereocenters. The molecule has 0 unspecified atom stereocenters. The Morgan fingerprint density at radius 2 is 2.18 bits per heavy atom. The highest BCUT2D eigenvalue weighted by Gasteiger charge is 2.02. The van der Waals surface area contributed by atoms with Crippen LogP contribution in [-0.4, -0.2) is 15.0 Å². The molecule has 6 heteroatoms. The van der Waals surface area contributed by atoms with Crippen LogP contribution < -0.4 is 16.6 Å². The molecule has 4 N–H and O–H groups in total. The number of anilines is 2. The first-order valence-corrected chi connectivity index (χ1v) is 5.23. The topological polar surface area (TPSA) is 88.8 Å². The maximum absolute atomic E-state index is 5.26. The summed E-state index contributed by atoms with van der Waals surface area (Å²) in [6.45, 7) is 2.55. The van der Waals surface area contributed by atoms with Gasteiger partial charge in [-0.25, -0.2) is 10.8 Å². The van der Waals surface area contributed by atoms with Crippen LogP contribution in [-0.2, 0) is 6.54 Å². The molecule has 0 aliphatic carbocycles. The number of nitrogens with one attached hydrogen (secondary N) is 2. The van der Waals surface area contributed by atoms with Gasteiger partial charge in [-0.1, -0.05) is 6.07 Å². The van der Waals surface area contributed by atoms with Gasteiger partial charge >= 0.3 is 0 Å². The van der Waals surface area contributed by atoms with Crippen LogP contribution in [0.5, 0.6) is 0 Å². The fraction of sp³-hybridized carbons (Fsp3) is 0.182. The maximum Gasteiger partial charge on any atom is 0.239 e. The Labute approximate surface area is 99.3 Å². The summed E-state index contributed by atoms with van der Waals surface area (Å²) in [5.74, 6) is 6.40. The lowest BCUT2D eigenvalue weighted by Crippen LogP contribution is -2.12. The normalized spacial score (nSPS) is 10.0. The van der Waals surface area contributed by atoms with Gasteiger partial charge in [-0.3, -0.25) is 10.4 Å². The lowest BCUT2D eigenvalue weighted by molar-refractivity contribution is 1.01. The van der Waals surface area contributed by atoms with Crippen molar-refractivity contribution in [2.45, 2.75) is 13.5 Å². The first-order chi connectivity index (χ1) is 8.29. The number of nitrogens with two attached hydrogens (primary N) is 1. The second kappa shape index (κ2) is 5.22. The largest absolute Gasteiger partial charge is 0.364 e. The van der Waals surface area contributed by atoms with Crippen molar-refractivity contribution in [1.29, 1.82) is 0 Å². The number of rotatable bonds is 4. The van der Waals surface area contributed by atoms with E-state index in [0.717, 1.165) is 17.1 Å². The summed E-state index contributed by atoms with van der Waals surface area (Å²) in [5.41, 5.74) is 4.32. The number of hydrogen-bond donors (Lipinski definition) is 3. The molecule has 2 rings (SSSR count). The van der Waals surface area contributed by atoms with Crippen molar-refractivity contribution in [3.05, 3.63) is 41.9 Å². The maximum atomic E-state index is 5.26. The minimum atomic E-state index is 0.388. The molecule has 0 fully saturated rings. The summed E-state index contributed by atoms with van der Waals surface area (Å²) in [5, 5.41) is 3.19. The highest BCUT2D eigenvalue weighted by molar-refractivity contribution is 5.46. The molecule has 0 saturated carbocycles. The van der Waals surface area contributed by atoms with Gasteiger partial charge in [0.25, 0.3) is 0 Å². The number of hydrazine groups is 1. The monoisotopic (exact) mass is 230 g/mol. The third kappa shape index (κ3) is 2.88. The van der Waals surface area contributed by atoms with E-state index in [4.69, 9.17) is 5.84 Å². The Balaban J connectivity index is 2.08. The quantitative estimate of drug-likeness (QED) is 0.538. The highest BCUT2D eigenvalue weighted by Crippen LogP contribution is 2.12. The minimum absolute atomic E-state index is 0.388. The molecule has 88 valence electrons. The van der Waals surface area contributed by atoms with Gasteiger partial charge in [-0.2, -0.15) is 4.98 Å². The fourth-order valence-electron chi connectivity index (χ4n) is 1.37. The summed E-state index contributed by atoms with van der Waals surface area (Å²) in [6, 6.07) is 5.78. The van der Waals surface area contributed by atoms with E-state index >= 15 is 0 Å². The first kappa shape index (κ1) is 11.3. The average Bonchev–Trinajstić information content (AvgIpc) is 2.39. The predicted molar refractivity (Wildman–Crippen MR) is 66.1 cm³/mol. The third-order valence-corrected chi connectivity index (χ3v) is 2.26. The second-order valence-corrected chi connectivity index (χ2v) is 3.54. The van der Waals surface area contributed by atoms with Crippen molar-refractivity contribution in [3.63, 3.8) is 0 Å². The van der Waals surface area contributed by atoms with Gasteiger partial charge < -0.3 is 5.32 Å². The number of hydrogen-bond acceptors (Lipinski definition) is 6. The van der Waals surface area contributed by atoms with E-state index in [1.54, 1.807) is 12.4 Å². The van der Waals surface area contributed by atoms with Crippen LogP contribution in [0, 0.1) is 6.92 Å². The summed E-state index contributed by atoms with van der Waals surface area (Å²) >= 11 is 0. The van der Waals surface area contributed by atoms with E-state index in [-0.39, 0.29) is 0 Å². The van der Waals surface area contributed by atoms with Crippen molar-refractivity contribution in [1.82, 2.24) is 15.0 Å². The highest BCUT2D eigenvalue weighted by atomic mass is 15.3. The van der Waals surface area contributed by atoms with Crippen molar-refractivity contribution in [2.24, 2.45) is 5.84 Å². The summed E-state index contributed by atoms with van der Waals surface area (Å²) < 4.78 is 0. The fourth-order valence-corrected chi connectivity index (χ4v) is 1.37. The molecular formula is C11H14N6. The van der Waals surface area contributed by atoms with Gasteiger partial charge in [-0.15, -0.1) is 0 Å². The number of aryl methyl sites for hydroxylation is 1. The molecule has 0 spiro atoms. The Morgan fingerprint density at radius 3 is 2.88 bits per heavy atom. The van der Waals surface area contributed by atoms with Crippen molar-refractivity contribution in [2.75, 3.05) is 10.7 Å². The predicted octanol–water partition coefficient (Wildman–Crippen LogP) is 1.08. The van der Waals surface area contributed by atoms with Gasteiger partial charge in [0.2, 0.25) is 5.95 Å². The Hall–Kier alpha value is -2.21. The Morgan fingerprint density at radius 1 is 1.29 bits per heavy atom. The zero-order valence-electron chi connectivity index (χ0n) is 9.51. The van der Waals surface area contributed by atoms with Gasteiger partial charge in [0.05, 0.1) is 12.2 Å². The number of nitrogen functional groups attached to an aromatic ring is 1. The Bertz CT molecular complexity index is 485. The molecule has 0 aliphatic rings. The van der Waals surface area contributed by atoms with Crippen molar-refractivity contribution in [3.8, 4) is 0 Å². The van der Waals surface area contributed by atoms with Gasteiger partial charge in [-0.05, 0) is 19.1 Å². The smallest absolute Gasteiger partial charge is 0.239 e. The van der Waals surface area contributed by atoms with Crippen LogP contribution >= 0.6 is 0 Å². The number of nitrogens with zero attached hydrogens (tertiary/aromatic N) is 3. The zero-order valence-corrected chi connectivity index (χ0v) is 9.51. The molecule has 0 aromatic carbocycles.